The van der Waals surface area contributed by atoms with Gasteiger partial charge in [-0.1, -0.05) is 30.3 Å². The molecule has 24 heavy (non-hydrogen) atoms. The fourth-order valence-electron chi connectivity index (χ4n) is 2.03. The largest absolute Gasteiger partial charge is 0.461 e. The highest BCUT2D eigenvalue weighted by molar-refractivity contribution is 5.77. The minimum Gasteiger partial charge on any atom is -0.461 e. The van der Waals surface area contributed by atoms with E-state index >= 15 is 0 Å². The first-order valence-corrected chi connectivity index (χ1v) is 8.00. The van der Waals surface area contributed by atoms with Crippen molar-refractivity contribution >= 4 is 12.1 Å². The second kappa shape index (κ2) is 8.68. The second-order valence-electron chi connectivity index (χ2n) is 6.87. The molecule has 0 fully saturated rings. The van der Waals surface area contributed by atoms with Crippen molar-refractivity contribution < 1.29 is 24.2 Å². The van der Waals surface area contributed by atoms with Gasteiger partial charge in [-0.25, -0.2) is 9.59 Å². The summed E-state index contributed by atoms with van der Waals surface area (Å²) in [6, 6.07) is 8.41. The number of esters is 1. The number of alkyl carbamates (subject to hydrolysis) is 1. The second-order valence-corrected chi connectivity index (χ2v) is 6.87. The van der Waals surface area contributed by atoms with Crippen LogP contribution in [0.15, 0.2) is 30.3 Å². The molecule has 0 radical (unpaired) electrons. The number of ether oxygens (including phenoxy) is 2. The standard InChI is InChI=1S/C18H27NO5/c1-12(2)23-16(21)15(20)14(11-13-9-7-6-8-10-13)19-17(22)24-18(3,4)5/h6-10,12,14-15,20H,11H2,1-5H3,(H,19,22)/t14-,15?/m0/s1. The molecular formula is C18H27NO5. The molecule has 0 heterocycles. The molecule has 6 heteroatoms. The van der Waals surface area contributed by atoms with Gasteiger partial charge >= 0.3 is 12.1 Å². The summed E-state index contributed by atoms with van der Waals surface area (Å²) in [6.45, 7) is 8.60. The van der Waals surface area contributed by atoms with E-state index in [1.54, 1.807) is 34.6 Å². The summed E-state index contributed by atoms with van der Waals surface area (Å²) in [6.07, 6.45) is -2.26. The van der Waals surface area contributed by atoms with Crippen molar-refractivity contribution in [2.45, 2.75) is 64.9 Å². The van der Waals surface area contributed by atoms with Gasteiger partial charge in [0, 0.05) is 0 Å². The van der Waals surface area contributed by atoms with Gasteiger partial charge in [-0.05, 0) is 46.6 Å². The van der Waals surface area contributed by atoms with E-state index in [-0.39, 0.29) is 12.5 Å². The van der Waals surface area contributed by atoms with Crippen LogP contribution in [0.5, 0.6) is 0 Å². The molecule has 0 aliphatic heterocycles. The summed E-state index contributed by atoms with van der Waals surface area (Å²) < 4.78 is 10.2. The van der Waals surface area contributed by atoms with Crippen LogP contribution in [0, 0.1) is 0 Å². The molecule has 2 N–H and O–H groups in total. The number of aliphatic hydroxyl groups is 1. The van der Waals surface area contributed by atoms with Gasteiger partial charge in [-0.3, -0.25) is 0 Å². The van der Waals surface area contributed by atoms with E-state index < -0.39 is 29.8 Å². The Labute approximate surface area is 143 Å². The minimum atomic E-state index is -1.49. The van der Waals surface area contributed by atoms with Crippen molar-refractivity contribution in [1.29, 1.82) is 0 Å². The van der Waals surface area contributed by atoms with E-state index in [4.69, 9.17) is 9.47 Å². The zero-order valence-corrected chi connectivity index (χ0v) is 14.9. The summed E-state index contributed by atoms with van der Waals surface area (Å²) in [5, 5.41) is 12.9. The van der Waals surface area contributed by atoms with Crippen LogP contribution in [0.1, 0.15) is 40.2 Å². The lowest BCUT2D eigenvalue weighted by Gasteiger charge is -2.26. The molecule has 0 bridgehead atoms. The van der Waals surface area contributed by atoms with Gasteiger partial charge in [-0.15, -0.1) is 0 Å². The summed E-state index contributed by atoms with van der Waals surface area (Å²) in [4.78, 5) is 24.0. The lowest BCUT2D eigenvalue weighted by Crippen LogP contribution is -2.50. The molecule has 1 amide bonds. The van der Waals surface area contributed by atoms with Crippen molar-refractivity contribution in [2.24, 2.45) is 0 Å². The third kappa shape index (κ3) is 7.46. The van der Waals surface area contributed by atoms with Crippen LogP contribution in [-0.4, -0.2) is 41.0 Å². The zero-order chi connectivity index (χ0) is 18.3. The van der Waals surface area contributed by atoms with Crippen LogP contribution in [0.4, 0.5) is 4.79 Å². The quantitative estimate of drug-likeness (QED) is 0.779. The summed E-state index contributed by atoms with van der Waals surface area (Å²) in [5.74, 6) is -0.776. The molecular weight excluding hydrogens is 310 g/mol. The third-order valence-corrected chi connectivity index (χ3v) is 2.98. The Morgan fingerprint density at radius 1 is 1.17 bits per heavy atom. The highest BCUT2D eigenvalue weighted by Crippen LogP contribution is 2.11. The van der Waals surface area contributed by atoms with Gasteiger partial charge in [0.1, 0.15) is 5.60 Å². The van der Waals surface area contributed by atoms with Crippen LogP contribution >= 0.6 is 0 Å². The first-order valence-electron chi connectivity index (χ1n) is 8.00. The zero-order valence-electron chi connectivity index (χ0n) is 14.9. The van der Waals surface area contributed by atoms with Gasteiger partial charge in [0.15, 0.2) is 6.10 Å². The van der Waals surface area contributed by atoms with Gasteiger partial charge in [0.05, 0.1) is 12.1 Å². The van der Waals surface area contributed by atoms with E-state index in [0.717, 1.165) is 5.56 Å². The first kappa shape index (κ1) is 20.0. The number of rotatable bonds is 6. The van der Waals surface area contributed by atoms with Crippen LogP contribution < -0.4 is 5.32 Å². The normalized spacial score (nSPS) is 14.0. The first-order chi connectivity index (χ1) is 11.1. The Bertz CT molecular complexity index is 536. The number of benzene rings is 1. The topological polar surface area (TPSA) is 84.9 Å². The molecule has 0 spiro atoms. The maximum atomic E-state index is 12.0. The van der Waals surface area contributed by atoms with Crippen LogP contribution in [0.25, 0.3) is 0 Å². The molecule has 1 aromatic carbocycles. The Balaban J connectivity index is 2.86. The fourth-order valence-corrected chi connectivity index (χ4v) is 2.03. The average molecular weight is 337 g/mol. The van der Waals surface area contributed by atoms with Crippen LogP contribution in [0.3, 0.4) is 0 Å². The lowest BCUT2D eigenvalue weighted by molar-refractivity contribution is -0.158. The number of hydrogen-bond acceptors (Lipinski definition) is 5. The highest BCUT2D eigenvalue weighted by atomic mass is 16.6. The van der Waals surface area contributed by atoms with Crippen LogP contribution in [0.2, 0.25) is 0 Å². The van der Waals surface area contributed by atoms with E-state index in [1.807, 2.05) is 30.3 Å². The Morgan fingerprint density at radius 2 is 1.75 bits per heavy atom. The SMILES string of the molecule is CC(C)OC(=O)C(O)[C@H](Cc1ccccc1)NC(=O)OC(C)(C)C. The number of hydrogen-bond donors (Lipinski definition) is 2. The number of carbonyl (C=O) groups excluding carboxylic acids is 2. The Hall–Kier alpha value is -2.08. The molecule has 0 saturated carbocycles. The predicted octanol–water partition coefficient (Wildman–Crippen LogP) is 2.43. The maximum Gasteiger partial charge on any atom is 0.407 e. The molecule has 0 aliphatic rings. The predicted molar refractivity (Wildman–Crippen MR) is 90.5 cm³/mol. The number of carbonyl (C=O) groups is 2. The van der Waals surface area contributed by atoms with Gasteiger partial charge in [-0.2, -0.15) is 0 Å². The van der Waals surface area contributed by atoms with Crippen molar-refractivity contribution in [3.8, 4) is 0 Å². The molecule has 0 saturated heterocycles. The fraction of sp³-hybridized carbons (Fsp3) is 0.556. The maximum absolute atomic E-state index is 12.0. The molecule has 1 rings (SSSR count). The van der Waals surface area contributed by atoms with E-state index in [2.05, 4.69) is 5.32 Å². The smallest absolute Gasteiger partial charge is 0.407 e. The summed E-state index contributed by atoms with van der Waals surface area (Å²) in [5.41, 5.74) is 0.195. The number of amides is 1. The van der Waals surface area contributed by atoms with Crippen molar-refractivity contribution in [3.05, 3.63) is 35.9 Å². The van der Waals surface area contributed by atoms with Crippen molar-refractivity contribution in [1.82, 2.24) is 5.32 Å². The summed E-state index contributed by atoms with van der Waals surface area (Å²) >= 11 is 0. The van der Waals surface area contributed by atoms with Crippen molar-refractivity contribution in [3.63, 3.8) is 0 Å². The highest BCUT2D eigenvalue weighted by Gasteiger charge is 2.31. The molecule has 0 aromatic heterocycles. The monoisotopic (exact) mass is 337 g/mol. The van der Waals surface area contributed by atoms with Crippen molar-refractivity contribution in [2.75, 3.05) is 0 Å². The number of nitrogens with one attached hydrogen (secondary N) is 1. The minimum absolute atomic E-state index is 0.272. The Kier molecular flexibility index (Phi) is 7.22. The van der Waals surface area contributed by atoms with E-state index in [9.17, 15) is 14.7 Å². The molecule has 6 nitrogen and oxygen atoms in total. The van der Waals surface area contributed by atoms with E-state index in [1.165, 1.54) is 0 Å². The Morgan fingerprint density at radius 3 is 2.25 bits per heavy atom. The third-order valence-electron chi connectivity index (χ3n) is 2.98. The average Bonchev–Trinajstić information content (AvgIpc) is 2.44. The van der Waals surface area contributed by atoms with Gasteiger partial charge in [0.25, 0.3) is 0 Å². The number of aliphatic hydroxyl groups excluding tert-OH is 1. The molecule has 1 unspecified atom stereocenters. The van der Waals surface area contributed by atoms with Gasteiger partial charge < -0.3 is 19.9 Å². The molecule has 134 valence electrons. The van der Waals surface area contributed by atoms with E-state index in [0.29, 0.717) is 0 Å². The lowest BCUT2D eigenvalue weighted by atomic mass is 10.0. The summed E-state index contributed by atoms with van der Waals surface area (Å²) in [7, 11) is 0. The van der Waals surface area contributed by atoms with Crippen LogP contribution in [-0.2, 0) is 20.7 Å². The molecule has 2 atom stereocenters. The molecule has 1 aromatic rings. The molecule has 0 aliphatic carbocycles. The van der Waals surface area contributed by atoms with Gasteiger partial charge in [0.2, 0.25) is 0 Å².